The second-order valence-electron chi connectivity index (χ2n) is 7.96. The molecule has 32 heavy (non-hydrogen) atoms. The number of benzene rings is 3. The molecule has 0 aliphatic carbocycles. The fraction of sp³-hybridized carbons (Fsp3) is 0.240. The molecule has 0 spiro atoms. The number of carbonyl (C=O) groups excluding carboxylic acids is 1. The maximum atomic E-state index is 12.6. The highest BCUT2D eigenvalue weighted by Crippen LogP contribution is 2.30. The monoisotopic (exact) mass is 487 g/mol. The van der Waals surface area contributed by atoms with Crippen molar-refractivity contribution < 1.29 is 4.79 Å². The lowest BCUT2D eigenvalue weighted by atomic mass is 10.1. The molecule has 1 aliphatic heterocycles. The van der Waals surface area contributed by atoms with Crippen LogP contribution >= 0.6 is 34.8 Å². The normalized spacial score (nSPS) is 14.4. The summed E-state index contributed by atoms with van der Waals surface area (Å²) in [6.45, 7) is 6.36. The van der Waals surface area contributed by atoms with Crippen LogP contribution in [-0.4, -0.2) is 37.0 Å². The maximum Gasteiger partial charge on any atom is 0.257 e. The quantitative estimate of drug-likeness (QED) is 0.443. The largest absolute Gasteiger partial charge is 0.368 e. The first-order valence-corrected chi connectivity index (χ1v) is 11.6. The summed E-state index contributed by atoms with van der Waals surface area (Å²) in [6.07, 6.45) is 0. The van der Waals surface area contributed by atoms with E-state index in [-0.39, 0.29) is 5.91 Å². The van der Waals surface area contributed by atoms with E-state index in [0.29, 0.717) is 21.3 Å². The molecule has 0 unspecified atom stereocenters. The third-order valence-electron chi connectivity index (χ3n) is 5.64. The minimum atomic E-state index is -0.257. The molecule has 3 aromatic rings. The van der Waals surface area contributed by atoms with E-state index < -0.39 is 0 Å². The Morgan fingerprint density at radius 2 is 1.62 bits per heavy atom. The Hall–Kier alpha value is -2.24. The highest BCUT2D eigenvalue weighted by atomic mass is 35.5. The van der Waals surface area contributed by atoms with Gasteiger partial charge in [0.15, 0.2) is 0 Å². The fourth-order valence-electron chi connectivity index (χ4n) is 3.86. The van der Waals surface area contributed by atoms with Gasteiger partial charge in [0.25, 0.3) is 5.91 Å². The molecule has 1 fully saturated rings. The van der Waals surface area contributed by atoms with E-state index in [4.69, 9.17) is 34.8 Å². The van der Waals surface area contributed by atoms with Crippen molar-refractivity contribution in [2.45, 2.75) is 13.5 Å². The lowest BCUT2D eigenvalue weighted by molar-refractivity contribution is 0.102. The number of carbonyl (C=O) groups is 1. The van der Waals surface area contributed by atoms with Crippen LogP contribution in [0.5, 0.6) is 0 Å². The number of anilines is 2. The van der Waals surface area contributed by atoms with Gasteiger partial charge in [0.05, 0.1) is 21.3 Å². The number of piperazine rings is 1. The van der Waals surface area contributed by atoms with Crippen LogP contribution in [0.25, 0.3) is 0 Å². The average molecular weight is 489 g/mol. The van der Waals surface area contributed by atoms with Gasteiger partial charge < -0.3 is 10.2 Å². The first-order chi connectivity index (χ1) is 15.4. The zero-order valence-electron chi connectivity index (χ0n) is 17.7. The summed E-state index contributed by atoms with van der Waals surface area (Å²) in [4.78, 5) is 17.3. The van der Waals surface area contributed by atoms with Crippen molar-refractivity contribution in [1.82, 2.24) is 4.90 Å². The average Bonchev–Trinajstić information content (AvgIpc) is 2.76. The van der Waals surface area contributed by atoms with Crippen LogP contribution in [-0.2, 0) is 6.54 Å². The Balaban J connectivity index is 1.37. The molecule has 7 heteroatoms. The predicted octanol–water partition coefficient (Wildman–Crippen LogP) is 6.53. The summed E-state index contributed by atoms with van der Waals surface area (Å²) in [7, 11) is 0. The zero-order chi connectivity index (χ0) is 22.7. The third kappa shape index (κ3) is 5.38. The van der Waals surface area contributed by atoms with Gasteiger partial charge in [0.1, 0.15) is 0 Å². The molecule has 0 radical (unpaired) electrons. The van der Waals surface area contributed by atoms with Gasteiger partial charge in [-0.15, -0.1) is 0 Å². The molecule has 4 nitrogen and oxygen atoms in total. The van der Waals surface area contributed by atoms with E-state index in [1.54, 1.807) is 18.2 Å². The zero-order valence-corrected chi connectivity index (χ0v) is 20.0. The molecule has 0 saturated carbocycles. The number of nitrogens with zero attached hydrogens (tertiary/aromatic N) is 2. The van der Waals surface area contributed by atoms with Crippen molar-refractivity contribution in [3.8, 4) is 0 Å². The number of halogens is 3. The van der Waals surface area contributed by atoms with Gasteiger partial charge in [-0.25, -0.2) is 0 Å². The van der Waals surface area contributed by atoms with Gasteiger partial charge in [-0.05, 0) is 54.4 Å². The van der Waals surface area contributed by atoms with Gasteiger partial charge >= 0.3 is 0 Å². The molecular weight excluding hydrogens is 465 g/mol. The van der Waals surface area contributed by atoms with Crippen molar-refractivity contribution in [2.75, 3.05) is 36.4 Å². The second-order valence-corrected chi connectivity index (χ2v) is 9.18. The molecule has 1 saturated heterocycles. The SMILES string of the molecule is Cc1ccc(C(=O)Nc2ccc(N3CCN(Cc4ccccc4Cl)CC3)c(Cl)c2)c(Cl)c1. The summed E-state index contributed by atoms with van der Waals surface area (Å²) < 4.78 is 0. The van der Waals surface area contributed by atoms with Crippen molar-refractivity contribution in [3.05, 3.63) is 92.4 Å². The van der Waals surface area contributed by atoms with Gasteiger partial charge in [-0.3, -0.25) is 9.69 Å². The molecular formula is C25H24Cl3N3O. The minimum absolute atomic E-state index is 0.257. The Morgan fingerprint density at radius 3 is 2.31 bits per heavy atom. The van der Waals surface area contributed by atoms with E-state index in [2.05, 4.69) is 21.2 Å². The molecule has 1 heterocycles. The summed E-state index contributed by atoms with van der Waals surface area (Å²) in [5.41, 5.74) is 4.20. The minimum Gasteiger partial charge on any atom is -0.368 e. The summed E-state index contributed by atoms with van der Waals surface area (Å²) in [5, 5.41) is 4.73. The predicted molar refractivity (Wildman–Crippen MR) is 135 cm³/mol. The first-order valence-electron chi connectivity index (χ1n) is 10.5. The molecule has 4 rings (SSSR count). The van der Waals surface area contributed by atoms with Gasteiger partial charge in [0, 0.05) is 43.4 Å². The highest BCUT2D eigenvalue weighted by Gasteiger charge is 2.20. The highest BCUT2D eigenvalue weighted by molar-refractivity contribution is 6.35. The van der Waals surface area contributed by atoms with Crippen molar-refractivity contribution in [2.24, 2.45) is 0 Å². The molecule has 0 aromatic heterocycles. The third-order valence-corrected chi connectivity index (χ3v) is 6.62. The fourth-order valence-corrected chi connectivity index (χ4v) is 4.67. The van der Waals surface area contributed by atoms with Crippen LogP contribution in [0.4, 0.5) is 11.4 Å². The van der Waals surface area contributed by atoms with Crippen molar-refractivity contribution in [1.29, 1.82) is 0 Å². The first kappa shape index (κ1) is 22.9. The Labute approximate surface area is 203 Å². The van der Waals surface area contributed by atoms with Gasteiger partial charge in [0.2, 0.25) is 0 Å². The Bertz CT molecular complexity index is 1130. The van der Waals surface area contributed by atoms with Crippen molar-refractivity contribution >= 4 is 52.1 Å². The maximum absolute atomic E-state index is 12.6. The number of amides is 1. The van der Waals surface area contributed by atoms with Crippen LogP contribution in [0, 0.1) is 6.92 Å². The van der Waals surface area contributed by atoms with Crippen LogP contribution in [0.3, 0.4) is 0 Å². The molecule has 166 valence electrons. The van der Waals surface area contributed by atoms with E-state index >= 15 is 0 Å². The number of hydrogen-bond donors (Lipinski definition) is 1. The lowest BCUT2D eigenvalue weighted by Crippen LogP contribution is -2.46. The van der Waals surface area contributed by atoms with E-state index in [9.17, 15) is 4.79 Å². The Morgan fingerprint density at radius 1 is 0.875 bits per heavy atom. The van der Waals surface area contributed by atoms with Crippen molar-refractivity contribution in [3.63, 3.8) is 0 Å². The van der Waals surface area contributed by atoms with Gasteiger partial charge in [-0.2, -0.15) is 0 Å². The van der Waals surface area contributed by atoms with Crippen LogP contribution in [0.15, 0.2) is 60.7 Å². The number of rotatable bonds is 5. The molecule has 0 atom stereocenters. The summed E-state index contributed by atoms with van der Waals surface area (Å²) >= 11 is 19.1. The van der Waals surface area contributed by atoms with E-state index in [1.807, 2.05) is 43.3 Å². The number of hydrogen-bond acceptors (Lipinski definition) is 3. The topological polar surface area (TPSA) is 35.6 Å². The van der Waals surface area contributed by atoms with E-state index in [0.717, 1.165) is 54.6 Å². The summed E-state index contributed by atoms with van der Waals surface area (Å²) in [5.74, 6) is -0.257. The smallest absolute Gasteiger partial charge is 0.257 e. The van der Waals surface area contributed by atoms with Crippen LogP contribution in [0.2, 0.25) is 15.1 Å². The van der Waals surface area contributed by atoms with Crippen LogP contribution < -0.4 is 10.2 Å². The standard InChI is InChI=1S/C25H24Cl3N3O/c1-17-6-8-20(22(27)14-17)25(32)29-19-7-9-24(23(28)15-19)31-12-10-30(11-13-31)16-18-4-2-3-5-21(18)26/h2-9,14-15H,10-13,16H2,1H3,(H,29,32). The molecule has 1 amide bonds. The van der Waals surface area contributed by atoms with Gasteiger partial charge in [-0.1, -0.05) is 59.1 Å². The molecule has 3 aromatic carbocycles. The molecule has 1 N–H and O–H groups in total. The molecule has 1 aliphatic rings. The lowest BCUT2D eigenvalue weighted by Gasteiger charge is -2.36. The number of aryl methyl sites for hydroxylation is 1. The second kappa shape index (κ2) is 10.1. The summed E-state index contributed by atoms with van der Waals surface area (Å²) in [6, 6.07) is 19.0. The number of nitrogens with one attached hydrogen (secondary N) is 1. The van der Waals surface area contributed by atoms with E-state index in [1.165, 1.54) is 0 Å². The van der Waals surface area contributed by atoms with Crippen LogP contribution in [0.1, 0.15) is 21.5 Å². The molecule has 0 bridgehead atoms. The Kier molecular flexibility index (Phi) is 7.27.